The van der Waals surface area contributed by atoms with Gasteiger partial charge in [-0.3, -0.25) is 0 Å². The van der Waals surface area contributed by atoms with Crippen LogP contribution in [0.3, 0.4) is 0 Å². The first kappa shape index (κ1) is 15.7. The van der Waals surface area contributed by atoms with E-state index in [1.165, 1.54) is 0 Å². The number of rotatable bonds is 4. The van der Waals surface area contributed by atoms with Gasteiger partial charge in [0, 0.05) is 27.7 Å². The highest BCUT2D eigenvalue weighted by Crippen LogP contribution is 2.29. The van der Waals surface area contributed by atoms with E-state index in [1.807, 2.05) is 24.3 Å². The van der Waals surface area contributed by atoms with Crippen molar-refractivity contribution in [3.05, 3.63) is 57.0 Å². The van der Waals surface area contributed by atoms with Gasteiger partial charge in [-0.25, -0.2) is 0 Å². The Balaban J connectivity index is 2.35. The van der Waals surface area contributed by atoms with Crippen molar-refractivity contribution < 1.29 is 0 Å². The van der Waals surface area contributed by atoms with Crippen LogP contribution in [-0.4, -0.2) is 6.04 Å². The van der Waals surface area contributed by atoms with Crippen LogP contribution in [0.2, 0.25) is 15.1 Å². The summed E-state index contributed by atoms with van der Waals surface area (Å²) in [6.45, 7) is 4.95. The van der Waals surface area contributed by atoms with Gasteiger partial charge in [0.2, 0.25) is 0 Å². The zero-order valence-corrected chi connectivity index (χ0v) is 13.7. The summed E-state index contributed by atoms with van der Waals surface area (Å²) in [6, 6.07) is 11.9. The molecule has 106 valence electrons. The lowest BCUT2D eigenvalue weighted by Gasteiger charge is -2.12. The van der Waals surface area contributed by atoms with Crippen molar-refractivity contribution in [1.29, 1.82) is 0 Å². The van der Waals surface area contributed by atoms with Crippen molar-refractivity contribution in [2.45, 2.75) is 26.4 Å². The Kier molecular flexibility index (Phi) is 5.34. The van der Waals surface area contributed by atoms with Crippen molar-refractivity contribution in [3.63, 3.8) is 0 Å². The molecule has 0 saturated carbocycles. The Morgan fingerprint density at radius 3 is 2.15 bits per heavy atom. The maximum atomic E-state index is 6.24. The average Bonchev–Trinajstić information content (AvgIpc) is 2.36. The molecule has 0 aliphatic carbocycles. The largest absolute Gasteiger partial charge is 0.310 e. The van der Waals surface area contributed by atoms with E-state index < -0.39 is 0 Å². The Labute approximate surface area is 134 Å². The summed E-state index contributed by atoms with van der Waals surface area (Å²) in [5, 5.41) is 5.38. The normalized spacial score (nSPS) is 11.1. The number of hydrogen-bond acceptors (Lipinski definition) is 1. The van der Waals surface area contributed by atoms with E-state index in [2.05, 4.69) is 25.2 Å². The summed E-state index contributed by atoms with van der Waals surface area (Å²) in [4.78, 5) is 0. The van der Waals surface area contributed by atoms with Crippen molar-refractivity contribution in [2.24, 2.45) is 0 Å². The summed E-state index contributed by atoms with van der Waals surface area (Å²) in [5.74, 6) is 0. The van der Waals surface area contributed by atoms with Crippen LogP contribution in [0.4, 0.5) is 0 Å². The van der Waals surface area contributed by atoms with E-state index in [0.29, 0.717) is 16.1 Å². The third kappa shape index (κ3) is 4.13. The van der Waals surface area contributed by atoms with Crippen molar-refractivity contribution >= 4 is 34.8 Å². The third-order valence-electron chi connectivity index (χ3n) is 2.94. The fraction of sp³-hybridized carbons (Fsp3) is 0.250. The summed E-state index contributed by atoms with van der Waals surface area (Å²) in [6.07, 6.45) is 0. The van der Waals surface area contributed by atoms with Crippen molar-refractivity contribution in [2.75, 3.05) is 0 Å². The summed E-state index contributed by atoms with van der Waals surface area (Å²) >= 11 is 18.3. The molecule has 1 N–H and O–H groups in total. The summed E-state index contributed by atoms with van der Waals surface area (Å²) < 4.78 is 0. The molecule has 0 atom stereocenters. The molecule has 0 heterocycles. The molecule has 1 nitrogen and oxygen atoms in total. The molecule has 0 aliphatic heterocycles. The minimum Gasteiger partial charge on any atom is -0.310 e. The van der Waals surface area contributed by atoms with Gasteiger partial charge in [0.25, 0.3) is 0 Å². The second kappa shape index (κ2) is 6.82. The van der Waals surface area contributed by atoms with Gasteiger partial charge in [-0.1, -0.05) is 54.7 Å². The molecule has 0 amide bonds. The van der Waals surface area contributed by atoms with Gasteiger partial charge in [0.15, 0.2) is 0 Å². The maximum Gasteiger partial charge on any atom is 0.0451 e. The molecule has 0 fully saturated rings. The van der Waals surface area contributed by atoms with Crippen LogP contribution in [0.15, 0.2) is 36.4 Å². The lowest BCUT2D eigenvalue weighted by Crippen LogP contribution is -2.21. The quantitative estimate of drug-likeness (QED) is 0.746. The SMILES string of the molecule is CC(C)NCc1cc(-c2cc(Cl)cc(Cl)c2)ccc1Cl. The van der Waals surface area contributed by atoms with Crippen LogP contribution in [0.1, 0.15) is 19.4 Å². The molecule has 0 unspecified atom stereocenters. The van der Waals surface area contributed by atoms with Gasteiger partial charge in [0.1, 0.15) is 0 Å². The Bertz CT molecular complexity index is 588. The Hall–Kier alpha value is -0.730. The number of hydrogen-bond donors (Lipinski definition) is 1. The van der Waals surface area contributed by atoms with Crippen molar-refractivity contribution in [1.82, 2.24) is 5.32 Å². The molecule has 0 bridgehead atoms. The van der Waals surface area contributed by atoms with Gasteiger partial charge < -0.3 is 5.32 Å². The first-order valence-electron chi connectivity index (χ1n) is 6.44. The fourth-order valence-corrected chi connectivity index (χ4v) is 2.63. The van der Waals surface area contributed by atoms with Gasteiger partial charge in [-0.05, 0) is 47.0 Å². The first-order chi connectivity index (χ1) is 9.45. The molecule has 20 heavy (non-hydrogen) atoms. The van der Waals surface area contributed by atoms with E-state index in [-0.39, 0.29) is 0 Å². The standard InChI is InChI=1S/C16H16Cl3N/c1-10(2)20-9-13-5-11(3-4-16(13)19)12-6-14(17)8-15(18)7-12/h3-8,10,20H,9H2,1-2H3. The molecule has 0 radical (unpaired) electrons. The van der Waals surface area contributed by atoms with Crippen LogP contribution < -0.4 is 5.32 Å². The molecule has 0 saturated heterocycles. The van der Waals surface area contributed by atoms with Gasteiger partial charge >= 0.3 is 0 Å². The van der Waals surface area contributed by atoms with Gasteiger partial charge in [-0.2, -0.15) is 0 Å². The molecular weight excluding hydrogens is 313 g/mol. The third-order valence-corrected chi connectivity index (χ3v) is 3.75. The van der Waals surface area contributed by atoms with Gasteiger partial charge in [-0.15, -0.1) is 0 Å². The van der Waals surface area contributed by atoms with E-state index in [4.69, 9.17) is 34.8 Å². The Morgan fingerprint density at radius 1 is 0.900 bits per heavy atom. The number of halogens is 3. The van der Waals surface area contributed by atoms with E-state index in [0.717, 1.165) is 28.3 Å². The van der Waals surface area contributed by atoms with Crippen LogP contribution >= 0.6 is 34.8 Å². The lowest BCUT2D eigenvalue weighted by atomic mass is 10.0. The van der Waals surface area contributed by atoms with E-state index >= 15 is 0 Å². The maximum absolute atomic E-state index is 6.24. The summed E-state index contributed by atoms with van der Waals surface area (Å²) in [7, 11) is 0. The molecule has 4 heteroatoms. The molecule has 2 aromatic carbocycles. The average molecular weight is 329 g/mol. The fourth-order valence-electron chi connectivity index (χ4n) is 1.92. The minimum atomic E-state index is 0.412. The predicted octanol–water partition coefficient (Wildman–Crippen LogP) is 5.81. The molecule has 0 aromatic heterocycles. The van der Waals surface area contributed by atoms with Crippen LogP contribution in [0, 0.1) is 0 Å². The molecule has 0 aliphatic rings. The first-order valence-corrected chi connectivity index (χ1v) is 7.57. The van der Waals surface area contributed by atoms with Crippen LogP contribution in [0.5, 0.6) is 0 Å². The zero-order valence-electron chi connectivity index (χ0n) is 11.4. The highest BCUT2D eigenvalue weighted by atomic mass is 35.5. The molecule has 2 aromatic rings. The predicted molar refractivity (Wildman–Crippen MR) is 88.9 cm³/mol. The van der Waals surface area contributed by atoms with E-state index in [9.17, 15) is 0 Å². The van der Waals surface area contributed by atoms with E-state index in [1.54, 1.807) is 6.07 Å². The highest BCUT2D eigenvalue weighted by Gasteiger charge is 2.06. The minimum absolute atomic E-state index is 0.412. The molecular formula is C16H16Cl3N. The zero-order chi connectivity index (χ0) is 14.7. The van der Waals surface area contributed by atoms with Crippen LogP contribution in [-0.2, 0) is 6.54 Å². The highest BCUT2D eigenvalue weighted by molar-refractivity contribution is 6.35. The summed E-state index contributed by atoms with van der Waals surface area (Å²) in [5.41, 5.74) is 3.11. The van der Waals surface area contributed by atoms with Crippen molar-refractivity contribution in [3.8, 4) is 11.1 Å². The smallest absolute Gasteiger partial charge is 0.0451 e. The Morgan fingerprint density at radius 2 is 1.55 bits per heavy atom. The molecule has 0 spiro atoms. The van der Waals surface area contributed by atoms with Crippen LogP contribution in [0.25, 0.3) is 11.1 Å². The van der Waals surface area contributed by atoms with Gasteiger partial charge in [0.05, 0.1) is 0 Å². The number of nitrogens with one attached hydrogen (secondary N) is 1. The molecule has 2 rings (SSSR count). The monoisotopic (exact) mass is 327 g/mol. The second-order valence-electron chi connectivity index (χ2n) is 5.00. The topological polar surface area (TPSA) is 12.0 Å². The second-order valence-corrected chi connectivity index (χ2v) is 6.28. The lowest BCUT2D eigenvalue weighted by molar-refractivity contribution is 0.589. The number of benzene rings is 2.